The average Bonchev–Trinajstić information content (AvgIpc) is 2.55. The number of aromatic nitrogens is 2. The number of amides is 1. The molecule has 1 amide bonds. The van der Waals surface area contributed by atoms with Gasteiger partial charge < -0.3 is 5.32 Å². The van der Waals surface area contributed by atoms with Gasteiger partial charge in [-0.25, -0.2) is 4.98 Å². The number of fused-ring (bicyclic) bond motifs is 1. The average molecular weight is 312 g/mol. The Morgan fingerprint density at radius 1 is 1.05 bits per heavy atom. The smallest absolute Gasteiger partial charge is 0.224 e. The molecule has 22 heavy (non-hydrogen) atoms. The van der Waals surface area contributed by atoms with E-state index in [1.165, 1.54) is 0 Å². The number of carbonyl (C=O) groups is 1. The second-order valence-electron chi connectivity index (χ2n) is 4.93. The van der Waals surface area contributed by atoms with Crippen molar-refractivity contribution in [3.05, 3.63) is 71.0 Å². The van der Waals surface area contributed by atoms with E-state index in [0.29, 0.717) is 18.0 Å². The van der Waals surface area contributed by atoms with Crippen LogP contribution in [0.15, 0.2) is 54.7 Å². The van der Waals surface area contributed by atoms with Crippen molar-refractivity contribution < 1.29 is 4.79 Å². The van der Waals surface area contributed by atoms with Crippen LogP contribution in [0.2, 0.25) is 5.02 Å². The van der Waals surface area contributed by atoms with Gasteiger partial charge in [0, 0.05) is 5.02 Å². The van der Waals surface area contributed by atoms with Gasteiger partial charge in [-0.15, -0.1) is 0 Å². The summed E-state index contributed by atoms with van der Waals surface area (Å²) in [5.74, 6) is -0.0581. The topological polar surface area (TPSA) is 54.9 Å². The van der Waals surface area contributed by atoms with Gasteiger partial charge in [0.25, 0.3) is 0 Å². The fourth-order valence-corrected chi connectivity index (χ4v) is 2.25. The van der Waals surface area contributed by atoms with E-state index < -0.39 is 0 Å². The molecule has 0 bridgehead atoms. The maximum atomic E-state index is 11.9. The van der Waals surface area contributed by atoms with Gasteiger partial charge in [-0.3, -0.25) is 9.78 Å². The molecule has 0 aliphatic heterocycles. The lowest BCUT2D eigenvalue weighted by molar-refractivity contribution is -0.120. The van der Waals surface area contributed by atoms with Crippen LogP contribution in [0.5, 0.6) is 0 Å². The fraction of sp³-hybridized carbons (Fsp3) is 0.118. The van der Waals surface area contributed by atoms with Crippen LogP contribution in [-0.4, -0.2) is 15.9 Å². The predicted octanol–water partition coefficient (Wildman–Crippen LogP) is 3.14. The lowest BCUT2D eigenvalue weighted by Gasteiger charge is -2.06. The number of nitrogens with zero attached hydrogens (tertiary/aromatic N) is 2. The lowest BCUT2D eigenvalue weighted by Crippen LogP contribution is -2.25. The van der Waals surface area contributed by atoms with Crippen LogP contribution in [0.25, 0.3) is 11.0 Å². The first-order valence-corrected chi connectivity index (χ1v) is 7.30. The summed E-state index contributed by atoms with van der Waals surface area (Å²) >= 11 is 5.82. The minimum Gasteiger partial charge on any atom is -0.350 e. The highest BCUT2D eigenvalue weighted by Crippen LogP contribution is 2.10. The summed E-state index contributed by atoms with van der Waals surface area (Å²) in [5.41, 5.74) is 3.33. The third kappa shape index (κ3) is 3.59. The normalized spacial score (nSPS) is 10.6. The molecule has 5 heteroatoms. The zero-order valence-corrected chi connectivity index (χ0v) is 12.5. The number of carbonyl (C=O) groups excluding carboxylic acids is 1. The predicted molar refractivity (Wildman–Crippen MR) is 86.5 cm³/mol. The number of para-hydroxylation sites is 2. The van der Waals surface area contributed by atoms with Gasteiger partial charge in [-0.2, -0.15) is 0 Å². The molecule has 2 aromatic carbocycles. The Morgan fingerprint density at radius 2 is 1.77 bits per heavy atom. The second kappa shape index (κ2) is 6.54. The van der Waals surface area contributed by atoms with Crippen LogP contribution >= 0.6 is 11.6 Å². The first-order valence-electron chi connectivity index (χ1n) is 6.92. The molecule has 3 aromatic rings. The Bertz CT molecular complexity index is 802. The quantitative estimate of drug-likeness (QED) is 0.805. The van der Waals surface area contributed by atoms with Crippen molar-refractivity contribution in [2.75, 3.05) is 0 Å². The molecule has 110 valence electrons. The van der Waals surface area contributed by atoms with E-state index in [1.54, 1.807) is 18.3 Å². The SMILES string of the molecule is O=C(Cc1ccc(Cl)cc1)NCc1cnc2ccccc2n1. The van der Waals surface area contributed by atoms with Gasteiger partial charge in [0.1, 0.15) is 0 Å². The summed E-state index contributed by atoms with van der Waals surface area (Å²) in [6.07, 6.45) is 2.00. The van der Waals surface area contributed by atoms with E-state index in [-0.39, 0.29) is 5.91 Å². The highest BCUT2D eigenvalue weighted by atomic mass is 35.5. The van der Waals surface area contributed by atoms with Crippen molar-refractivity contribution in [1.29, 1.82) is 0 Å². The Hall–Kier alpha value is -2.46. The largest absolute Gasteiger partial charge is 0.350 e. The standard InChI is InChI=1S/C17H14ClN3O/c18-13-7-5-12(6-8-13)9-17(22)20-11-14-10-19-15-3-1-2-4-16(15)21-14/h1-8,10H,9,11H2,(H,20,22). The van der Waals surface area contributed by atoms with Gasteiger partial charge in [0.05, 0.1) is 35.9 Å². The monoisotopic (exact) mass is 311 g/mol. The Kier molecular flexibility index (Phi) is 4.30. The number of rotatable bonds is 4. The maximum absolute atomic E-state index is 11.9. The Morgan fingerprint density at radius 3 is 2.55 bits per heavy atom. The molecule has 0 radical (unpaired) electrons. The summed E-state index contributed by atoms with van der Waals surface area (Å²) in [6, 6.07) is 14.9. The highest BCUT2D eigenvalue weighted by Gasteiger charge is 2.05. The first-order chi connectivity index (χ1) is 10.7. The van der Waals surface area contributed by atoms with E-state index >= 15 is 0 Å². The highest BCUT2D eigenvalue weighted by molar-refractivity contribution is 6.30. The number of nitrogens with one attached hydrogen (secondary N) is 1. The number of hydrogen-bond acceptors (Lipinski definition) is 3. The van der Waals surface area contributed by atoms with Crippen LogP contribution in [0.4, 0.5) is 0 Å². The summed E-state index contributed by atoms with van der Waals surface area (Å²) in [7, 11) is 0. The fourth-order valence-electron chi connectivity index (χ4n) is 2.12. The molecule has 3 rings (SSSR count). The Labute approximate surface area is 133 Å². The molecule has 0 aliphatic rings. The van der Waals surface area contributed by atoms with Crippen LogP contribution in [0, 0.1) is 0 Å². The van der Waals surface area contributed by atoms with E-state index in [2.05, 4.69) is 15.3 Å². The number of hydrogen-bond donors (Lipinski definition) is 1. The van der Waals surface area contributed by atoms with E-state index in [4.69, 9.17) is 11.6 Å². The van der Waals surface area contributed by atoms with Gasteiger partial charge in [-0.05, 0) is 29.8 Å². The van der Waals surface area contributed by atoms with Crippen LogP contribution in [0.1, 0.15) is 11.3 Å². The minimum absolute atomic E-state index is 0.0581. The van der Waals surface area contributed by atoms with Crippen molar-refractivity contribution in [3.63, 3.8) is 0 Å². The first kappa shape index (κ1) is 14.5. The summed E-state index contributed by atoms with van der Waals surface area (Å²) in [5, 5.41) is 3.51. The third-order valence-electron chi connectivity index (χ3n) is 3.24. The zero-order valence-electron chi connectivity index (χ0n) is 11.8. The molecule has 4 nitrogen and oxygen atoms in total. The van der Waals surface area contributed by atoms with Crippen LogP contribution in [0.3, 0.4) is 0 Å². The molecule has 0 spiro atoms. The molecule has 0 saturated carbocycles. The summed E-state index contributed by atoms with van der Waals surface area (Å²) in [4.78, 5) is 20.7. The molecule has 0 fully saturated rings. The molecule has 0 atom stereocenters. The second-order valence-corrected chi connectivity index (χ2v) is 5.37. The molecule has 1 N–H and O–H groups in total. The van der Waals surface area contributed by atoms with Crippen molar-refractivity contribution in [1.82, 2.24) is 15.3 Å². The maximum Gasteiger partial charge on any atom is 0.224 e. The van der Waals surface area contributed by atoms with Crippen molar-refractivity contribution in [2.45, 2.75) is 13.0 Å². The summed E-state index contributed by atoms with van der Waals surface area (Å²) in [6.45, 7) is 0.365. The van der Waals surface area contributed by atoms with Crippen molar-refractivity contribution in [2.24, 2.45) is 0 Å². The van der Waals surface area contributed by atoms with Crippen molar-refractivity contribution in [3.8, 4) is 0 Å². The van der Waals surface area contributed by atoms with Crippen molar-refractivity contribution >= 4 is 28.5 Å². The Balaban J connectivity index is 1.60. The third-order valence-corrected chi connectivity index (χ3v) is 3.50. The molecule has 1 aromatic heterocycles. The van der Waals surface area contributed by atoms with E-state index in [0.717, 1.165) is 22.3 Å². The molecule has 0 saturated heterocycles. The number of halogens is 1. The van der Waals surface area contributed by atoms with Gasteiger partial charge in [0.2, 0.25) is 5.91 Å². The van der Waals surface area contributed by atoms with E-state index in [9.17, 15) is 4.79 Å². The molecular weight excluding hydrogens is 298 g/mol. The van der Waals surface area contributed by atoms with Gasteiger partial charge >= 0.3 is 0 Å². The molecule has 0 aliphatic carbocycles. The molecular formula is C17H14ClN3O. The molecule has 0 unspecified atom stereocenters. The minimum atomic E-state index is -0.0581. The van der Waals surface area contributed by atoms with Gasteiger partial charge in [0.15, 0.2) is 0 Å². The molecule has 1 heterocycles. The van der Waals surface area contributed by atoms with E-state index in [1.807, 2.05) is 36.4 Å². The lowest BCUT2D eigenvalue weighted by atomic mass is 10.1. The number of benzene rings is 2. The van der Waals surface area contributed by atoms with Gasteiger partial charge in [-0.1, -0.05) is 35.9 Å². The van der Waals surface area contributed by atoms with Crippen LogP contribution in [-0.2, 0) is 17.8 Å². The zero-order chi connectivity index (χ0) is 15.4. The summed E-state index contributed by atoms with van der Waals surface area (Å²) < 4.78 is 0. The van der Waals surface area contributed by atoms with Crippen LogP contribution < -0.4 is 5.32 Å².